The molecular weight excluding hydrogens is 252 g/mol. The second kappa shape index (κ2) is 16.5. The second-order valence-corrected chi connectivity index (χ2v) is 0. The summed E-state index contributed by atoms with van der Waals surface area (Å²) in [5, 5.41) is 0. The Labute approximate surface area is 102 Å². The van der Waals surface area contributed by atoms with Gasteiger partial charge in [0.2, 0.25) is 0 Å². The minimum absolute atomic E-state index is 0. The van der Waals surface area contributed by atoms with Crippen molar-refractivity contribution in [3.8, 4) is 0 Å². The number of rotatable bonds is 0. The molecule has 1 nitrogen and oxygen atoms in total. The first kappa shape index (κ1) is 27.5. The molecule has 0 saturated heterocycles. The average Bonchev–Trinajstić information content (AvgIpc) is 0. The van der Waals surface area contributed by atoms with Crippen molar-refractivity contribution >= 4 is 37.7 Å². The molecule has 0 aliphatic heterocycles. The first-order valence-electron chi connectivity index (χ1n) is 0. The van der Waals surface area contributed by atoms with E-state index in [0.29, 0.717) is 0 Å². The molecule has 0 fully saturated rings. The molecule has 0 bridgehead atoms. The van der Waals surface area contributed by atoms with E-state index >= 15 is 0 Å². The zero-order chi connectivity index (χ0) is 0. The maximum Gasteiger partial charge on any atom is 2.00 e. The number of hydrogen-bond donors (Lipinski definition) is 0. The van der Waals surface area contributed by atoms with Crippen molar-refractivity contribution in [2.45, 2.75) is 0 Å². The Hall–Kier alpha value is 3.10. The van der Waals surface area contributed by atoms with Crippen LogP contribution >= 0.6 is 0 Å². The number of hydrogen-bond acceptors (Lipinski definition) is 0. The van der Waals surface area contributed by atoms with Gasteiger partial charge in [-0.2, -0.15) is 0 Å². The first-order valence-corrected chi connectivity index (χ1v) is 0. The SMILES string of the molecule is O.[Ca+2].[H-].[H-].[Mn].[Pr]. The van der Waals surface area contributed by atoms with Crippen LogP contribution < -0.4 is 0 Å². The van der Waals surface area contributed by atoms with Crippen molar-refractivity contribution in [2.24, 2.45) is 0 Å². The second-order valence-electron chi connectivity index (χ2n) is 0. The van der Waals surface area contributed by atoms with Gasteiger partial charge in [0.25, 0.3) is 0 Å². The van der Waals surface area contributed by atoms with E-state index in [-0.39, 0.29) is 104 Å². The van der Waals surface area contributed by atoms with Crippen LogP contribution in [0.15, 0.2) is 0 Å². The summed E-state index contributed by atoms with van der Waals surface area (Å²) in [6.07, 6.45) is 0. The van der Waals surface area contributed by atoms with Gasteiger partial charge < -0.3 is 8.33 Å². The van der Waals surface area contributed by atoms with E-state index in [1.165, 1.54) is 0 Å². The summed E-state index contributed by atoms with van der Waals surface area (Å²) in [5.41, 5.74) is 0. The standard InChI is InChI=1S/Ca.Mn.H2O.Pr.2H/h;;1H2;;;/q+2;;;;2*-1. The Morgan fingerprint density at radius 2 is 1.25 bits per heavy atom. The summed E-state index contributed by atoms with van der Waals surface area (Å²) in [6.45, 7) is 0. The predicted molar refractivity (Wildman–Crippen MR) is 11.6 cm³/mol. The topological polar surface area (TPSA) is 31.5 Å². The molecule has 4 heteroatoms. The van der Waals surface area contributed by atoms with E-state index in [9.17, 15) is 0 Å². The van der Waals surface area contributed by atoms with Gasteiger partial charge in [-0.25, -0.2) is 0 Å². The van der Waals surface area contributed by atoms with Crippen LogP contribution in [0.1, 0.15) is 2.85 Å². The van der Waals surface area contributed by atoms with Gasteiger partial charge in [0, 0.05) is 58.4 Å². The van der Waals surface area contributed by atoms with Crippen molar-refractivity contribution in [3.63, 3.8) is 0 Å². The van der Waals surface area contributed by atoms with Gasteiger partial charge in [-0.15, -0.1) is 0 Å². The Morgan fingerprint density at radius 1 is 1.25 bits per heavy atom. The van der Waals surface area contributed by atoms with Gasteiger partial charge in [0.1, 0.15) is 0 Å². The Balaban J connectivity index is 0. The molecule has 2 N–H and O–H groups in total. The van der Waals surface area contributed by atoms with Gasteiger partial charge in [-0.3, -0.25) is 0 Å². The van der Waals surface area contributed by atoms with Crippen LogP contribution in [0.4, 0.5) is 0 Å². The molecule has 0 aliphatic rings. The van der Waals surface area contributed by atoms with Gasteiger partial charge in [-0.05, 0) is 0 Å². The summed E-state index contributed by atoms with van der Waals surface area (Å²) in [6, 6.07) is 0. The molecule has 0 rings (SSSR count). The smallest absolute Gasteiger partial charge is 1.00 e. The molecule has 0 atom stereocenters. The van der Waals surface area contributed by atoms with Gasteiger partial charge >= 0.3 is 37.7 Å². The Morgan fingerprint density at radius 3 is 1.25 bits per heavy atom. The van der Waals surface area contributed by atoms with Gasteiger partial charge in [0.05, 0.1) is 0 Å². The van der Waals surface area contributed by atoms with Crippen LogP contribution in [-0.2, 0) is 17.1 Å². The summed E-state index contributed by atoms with van der Waals surface area (Å²) in [7, 11) is 0. The van der Waals surface area contributed by atoms with Crippen LogP contribution in [0.5, 0.6) is 0 Å². The van der Waals surface area contributed by atoms with Crippen LogP contribution in [0.2, 0.25) is 0 Å². The zero-order valence-corrected chi connectivity index (χ0v) is 9.26. The maximum absolute atomic E-state index is 0. The molecule has 0 unspecified atom stereocenters. The quantitative estimate of drug-likeness (QED) is 0.499. The van der Waals surface area contributed by atoms with Crippen LogP contribution in [0.3, 0.4) is 0 Å². The van der Waals surface area contributed by atoms with E-state index in [2.05, 4.69) is 0 Å². The molecule has 0 spiro atoms. The van der Waals surface area contributed by atoms with E-state index in [1.54, 1.807) is 0 Å². The first-order chi connectivity index (χ1) is 0. The Kier molecular flexibility index (Phi) is 113. The Bertz CT molecular complexity index is 13.5. The zero-order valence-electron chi connectivity index (χ0n) is 4.16. The fourth-order valence-corrected chi connectivity index (χ4v) is 0. The molecule has 0 aromatic rings. The third kappa shape index (κ3) is 8.92. The van der Waals surface area contributed by atoms with Crippen molar-refractivity contribution in [1.82, 2.24) is 0 Å². The van der Waals surface area contributed by atoms with Gasteiger partial charge in [-0.1, -0.05) is 0 Å². The summed E-state index contributed by atoms with van der Waals surface area (Å²) < 4.78 is 0. The minimum atomic E-state index is 0. The molecular formula is H4CaMnOPr. The molecule has 0 aliphatic carbocycles. The summed E-state index contributed by atoms with van der Waals surface area (Å²) >= 11 is 0. The molecule has 0 aromatic heterocycles. The molecule has 0 saturated carbocycles. The fraction of sp³-hybridized carbons (Fsp3) is 0. The van der Waals surface area contributed by atoms with E-state index in [0.717, 1.165) is 0 Å². The van der Waals surface area contributed by atoms with Crippen molar-refractivity contribution in [1.29, 1.82) is 0 Å². The molecule has 0 amide bonds. The molecule has 22 valence electrons. The maximum atomic E-state index is 0. The molecule has 4 heavy (non-hydrogen) atoms. The van der Waals surface area contributed by atoms with Gasteiger partial charge in [0.15, 0.2) is 0 Å². The van der Waals surface area contributed by atoms with Crippen molar-refractivity contribution < 1.29 is 66.7 Å². The molecule has 0 aromatic carbocycles. The molecule has 0 heterocycles. The molecule has 2 radical (unpaired) electrons. The van der Waals surface area contributed by atoms with Crippen molar-refractivity contribution in [2.75, 3.05) is 0 Å². The van der Waals surface area contributed by atoms with Crippen LogP contribution in [-0.4, -0.2) is 43.2 Å². The van der Waals surface area contributed by atoms with Crippen LogP contribution in [0, 0.1) is 41.3 Å². The fourth-order valence-electron chi connectivity index (χ4n) is 0. The van der Waals surface area contributed by atoms with E-state index < -0.39 is 0 Å². The van der Waals surface area contributed by atoms with E-state index in [4.69, 9.17) is 0 Å². The van der Waals surface area contributed by atoms with Crippen LogP contribution in [0.25, 0.3) is 0 Å². The third-order valence-corrected chi connectivity index (χ3v) is 0. The van der Waals surface area contributed by atoms with E-state index in [1.807, 2.05) is 0 Å². The third-order valence-electron chi connectivity index (χ3n) is 0. The summed E-state index contributed by atoms with van der Waals surface area (Å²) in [5.74, 6) is 0. The monoisotopic (exact) mass is 256 g/mol. The minimum Gasteiger partial charge on any atom is -1.00 e. The average molecular weight is 256 g/mol. The largest absolute Gasteiger partial charge is 2.00 e. The van der Waals surface area contributed by atoms with Crippen molar-refractivity contribution in [3.05, 3.63) is 0 Å². The summed E-state index contributed by atoms with van der Waals surface area (Å²) in [4.78, 5) is 0. The normalized spacial score (nSPS) is 0. The predicted octanol–water partition coefficient (Wildman–Crippen LogP) is -0.983.